The van der Waals surface area contributed by atoms with Gasteiger partial charge in [0.05, 0.1) is 18.3 Å². The predicted molar refractivity (Wildman–Crippen MR) is 317 cm³/mol. The molecule has 9 aromatic rings. The van der Waals surface area contributed by atoms with E-state index in [1.165, 1.54) is 40.3 Å². The highest BCUT2D eigenvalue weighted by Gasteiger charge is 2.45. The van der Waals surface area contributed by atoms with Gasteiger partial charge in [0, 0.05) is 57.4 Å². The Balaban J connectivity index is 1.22. The van der Waals surface area contributed by atoms with Crippen molar-refractivity contribution < 1.29 is 56.5 Å². The number of rotatable bonds is 15. The summed E-state index contributed by atoms with van der Waals surface area (Å²) in [7, 11) is -5.37. The van der Waals surface area contributed by atoms with E-state index in [1.807, 2.05) is 11.0 Å². The number of ether oxygens (including phenoxy) is 6. The lowest BCUT2D eigenvalue weighted by atomic mass is 9.90. The summed E-state index contributed by atoms with van der Waals surface area (Å²) >= 11 is 0. The summed E-state index contributed by atoms with van der Waals surface area (Å²) in [5.41, 5.74) is 2.01. The summed E-state index contributed by atoms with van der Waals surface area (Å²) in [6.45, 7) is 27.2. The number of carbonyl (C=O) groups is 4. The maximum absolute atomic E-state index is 12.4. The molecule has 0 radical (unpaired) electrons. The highest BCUT2D eigenvalue weighted by Crippen LogP contribution is 2.55. The number of nitrogens with zero attached hydrogens (tertiary/aromatic N) is 9. The van der Waals surface area contributed by atoms with Gasteiger partial charge >= 0.3 is 23.9 Å². The number of aromatic nitrogens is 8. The number of fused-ring (bicyclic) bond motifs is 4. The first-order chi connectivity index (χ1) is 39.2. The van der Waals surface area contributed by atoms with Gasteiger partial charge in [0.2, 0.25) is 0 Å². The second-order valence-corrected chi connectivity index (χ2v) is 34.1. The van der Waals surface area contributed by atoms with Crippen LogP contribution in [0.15, 0.2) is 79.9 Å². The lowest BCUT2D eigenvalue weighted by Crippen LogP contribution is -2.45. The minimum atomic E-state index is -2.71. The molecule has 23 heteroatoms. The van der Waals surface area contributed by atoms with Gasteiger partial charge in [-0.2, -0.15) is 0 Å². The van der Waals surface area contributed by atoms with Gasteiger partial charge in [-0.25, -0.2) is 29.9 Å². The Morgan fingerprint density at radius 1 is 0.578 bits per heavy atom. The lowest BCUT2D eigenvalue weighted by Gasteiger charge is -2.40. The van der Waals surface area contributed by atoms with Gasteiger partial charge in [-0.15, -0.1) is 0 Å². The molecule has 0 bridgehead atoms. The first-order valence-corrected chi connectivity index (χ1v) is 33.6. The van der Waals surface area contributed by atoms with E-state index >= 15 is 0 Å². The molecule has 0 spiro atoms. The molecule has 2 aliphatic rings. The third-order valence-electron chi connectivity index (χ3n) is 16.8. The van der Waals surface area contributed by atoms with Gasteiger partial charge in [-0.1, -0.05) is 84.0 Å². The third-order valence-corrected chi connectivity index (χ3v) is 25.5. The van der Waals surface area contributed by atoms with Crippen molar-refractivity contribution in [3.05, 3.63) is 79.9 Å². The number of esters is 4. The Morgan fingerprint density at radius 2 is 1.06 bits per heavy atom. The Bertz CT molecular complexity index is 3890. The number of carbonyl (C=O) groups excluding carboxylic acids is 4. The summed E-state index contributed by atoms with van der Waals surface area (Å²) in [6.07, 6.45) is 1.88. The largest absolute Gasteiger partial charge is 0.541 e. The highest BCUT2D eigenvalue weighted by molar-refractivity contribution is 6.75. The molecular formula is C60H69N9O12Si2. The molecule has 2 saturated heterocycles. The van der Waals surface area contributed by atoms with E-state index in [0.29, 0.717) is 51.1 Å². The summed E-state index contributed by atoms with van der Waals surface area (Å²) in [6, 6.07) is 19.2. The maximum atomic E-state index is 12.4. The van der Waals surface area contributed by atoms with E-state index in [4.69, 9.17) is 67.2 Å². The van der Waals surface area contributed by atoms with Crippen LogP contribution in [-0.4, -0.2) is 117 Å². The molecule has 0 amide bonds. The molecule has 0 unspecified atom stereocenters. The lowest BCUT2D eigenvalue weighted by molar-refractivity contribution is -0.157. The molecule has 2 aliphatic heterocycles. The first-order valence-electron chi connectivity index (χ1n) is 27.8. The van der Waals surface area contributed by atoms with E-state index in [-0.39, 0.29) is 36.1 Å². The number of anilines is 3. The van der Waals surface area contributed by atoms with Gasteiger partial charge in [0.15, 0.2) is 39.7 Å². The zero-order valence-electron chi connectivity index (χ0n) is 49.2. The molecule has 6 atom stereocenters. The highest BCUT2D eigenvalue weighted by atomic mass is 28.4. The average molecular weight is 1160 g/mol. The standard InChI is InChI=1S/C60H69N9O12Si2/c1-32(70)74-26-45-42(76-34(3)72)24-47(78-45)67-30-65-52-55(67)61-28-63-57(52)69(58-53-56(62-29-64-58)68(31-66-53)48-25-43(77-35(4)73)46(79-48)27-75-33(2)71)41-23-44(80-82(11,12)59(5,6)7)54(81-83(13,14)60(8,9)10)40-22-38-19-18-36-16-15-17-37-20-21-39(51(40)41)50(38)49(36)37/h15-23,28-31,42-43,45-48H,24-27H2,1-14H3/t42-,43-,45+,46+,47+,48+/m0/s1. The fourth-order valence-corrected chi connectivity index (χ4v) is 12.8. The molecule has 21 nitrogen and oxygen atoms in total. The third kappa shape index (κ3) is 10.4. The van der Waals surface area contributed by atoms with Crippen LogP contribution in [0.3, 0.4) is 0 Å². The van der Waals surface area contributed by atoms with Gasteiger partial charge in [0.25, 0.3) is 16.6 Å². The van der Waals surface area contributed by atoms with E-state index in [2.05, 4.69) is 116 Å². The molecule has 2 fully saturated rings. The molecule has 0 saturated carbocycles. The minimum Gasteiger partial charge on any atom is -0.541 e. The van der Waals surface area contributed by atoms with Gasteiger partial charge in [-0.05, 0) is 74.6 Å². The Labute approximate surface area is 481 Å². The smallest absolute Gasteiger partial charge is 0.303 e. The SMILES string of the molecule is CC(=O)OC[C@H]1O[C@@H](n2cnc3c(N(c4ncnc5c4ncn5[C@H]4C[C@H](OC(C)=O)[C@@H](COC(C)=O)O4)c4cc(O[Si](C)(C)C(C)(C)C)c(O[Si](C)(C)C(C)(C)C)c5cc6ccc7cccc8ccc(c45)c6c78)ncnc32)C[C@@H]1OC(C)=O. The summed E-state index contributed by atoms with van der Waals surface area (Å²) in [4.78, 5) is 80.9. The Morgan fingerprint density at radius 3 is 1.54 bits per heavy atom. The average Bonchev–Trinajstić information content (AvgIpc) is 1.30. The fourth-order valence-electron chi connectivity index (χ4n) is 10.7. The van der Waals surface area contributed by atoms with Crippen molar-refractivity contribution in [3.63, 3.8) is 0 Å². The van der Waals surface area contributed by atoms with Crippen molar-refractivity contribution in [2.45, 2.75) is 155 Å². The van der Waals surface area contributed by atoms with Crippen LogP contribution in [0, 0.1) is 0 Å². The van der Waals surface area contributed by atoms with E-state index < -0.39 is 77.4 Å². The molecule has 0 aliphatic carbocycles. The van der Waals surface area contributed by atoms with Crippen LogP contribution in [-0.2, 0) is 47.6 Å². The molecule has 0 N–H and O–H groups in total. The van der Waals surface area contributed by atoms with E-state index in [1.54, 1.807) is 21.8 Å². The molecule has 11 rings (SSSR count). The van der Waals surface area contributed by atoms with Crippen molar-refractivity contribution in [2.24, 2.45) is 0 Å². The molecule has 434 valence electrons. The Kier molecular flexibility index (Phi) is 14.5. The summed E-state index contributed by atoms with van der Waals surface area (Å²) < 4.78 is 54.0. The van der Waals surface area contributed by atoms with Crippen LogP contribution >= 0.6 is 0 Å². The van der Waals surface area contributed by atoms with E-state index in [9.17, 15) is 19.2 Å². The Hall–Kier alpha value is -7.87. The maximum Gasteiger partial charge on any atom is 0.303 e. The second kappa shape index (κ2) is 21.1. The summed E-state index contributed by atoms with van der Waals surface area (Å²) in [5.74, 6) is -0.266. The van der Waals surface area contributed by atoms with Crippen LogP contribution in [0.25, 0.3) is 65.4 Å². The predicted octanol–water partition coefficient (Wildman–Crippen LogP) is 11.8. The quantitative estimate of drug-likeness (QED) is 0.0305. The number of benzene rings is 5. The fraction of sp³-hybridized carbons (Fsp3) is 0.433. The van der Waals surface area contributed by atoms with Crippen LogP contribution in [0.2, 0.25) is 36.3 Å². The second-order valence-electron chi connectivity index (χ2n) is 24.6. The first kappa shape index (κ1) is 57.0. The molecule has 83 heavy (non-hydrogen) atoms. The van der Waals surface area contributed by atoms with Gasteiger partial charge in [0.1, 0.15) is 68.5 Å². The van der Waals surface area contributed by atoms with Crippen molar-refractivity contribution in [1.29, 1.82) is 0 Å². The normalized spacial score (nSPS) is 19.8. The molecule has 5 aromatic carbocycles. The van der Waals surface area contributed by atoms with Crippen molar-refractivity contribution in [2.75, 3.05) is 18.1 Å². The van der Waals surface area contributed by atoms with Crippen LogP contribution in [0.1, 0.15) is 94.5 Å². The van der Waals surface area contributed by atoms with Crippen LogP contribution in [0.4, 0.5) is 17.3 Å². The zero-order chi connectivity index (χ0) is 59.2. The monoisotopic (exact) mass is 1160 g/mol. The number of hydrogen-bond donors (Lipinski definition) is 0. The van der Waals surface area contributed by atoms with Gasteiger partial charge in [-0.3, -0.25) is 33.2 Å². The zero-order valence-corrected chi connectivity index (χ0v) is 51.2. The van der Waals surface area contributed by atoms with E-state index in [0.717, 1.165) is 43.1 Å². The summed E-state index contributed by atoms with van der Waals surface area (Å²) in [5, 5.41) is 7.40. The van der Waals surface area contributed by atoms with Crippen LogP contribution in [0.5, 0.6) is 11.5 Å². The van der Waals surface area contributed by atoms with Gasteiger partial charge < -0.3 is 37.3 Å². The van der Waals surface area contributed by atoms with Crippen molar-refractivity contribution in [3.8, 4) is 11.5 Å². The number of hydrogen-bond acceptors (Lipinski definition) is 19. The molecular weight excluding hydrogens is 1090 g/mol. The van der Waals surface area contributed by atoms with Crippen LogP contribution < -0.4 is 13.8 Å². The van der Waals surface area contributed by atoms with Crippen molar-refractivity contribution >= 4 is 123 Å². The number of imidazole rings is 2. The van der Waals surface area contributed by atoms with Crippen molar-refractivity contribution in [1.82, 2.24) is 39.0 Å². The molecule has 4 aromatic heterocycles. The minimum absolute atomic E-state index is 0.145. The topological polar surface area (TPSA) is 233 Å². The molecule has 6 heterocycles.